The Morgan fingerprint density at radius 2 is 2.00 bits per heavy atom. The number of carbonyl (C=O) groups is 1. The fourth-order valence-corrected chi connectivity index (χ4v) is 3.72. The maximum atomic E-state index is 13.4. The quantitative estimate of drug-likeness (QED) is 0.484. The van der Waals surface area contributed by atoms with Gasteiger partial charge in [-0.1, -0.05) is 37.6 Å². The number of nitrogens with one attached hydrogen (secondary N) is 2. The van der Waals surface area contributed by atoms with Crippen LogP contribution >= 0.6 is 11.3 Å². The van der Waals surface area contributed by atoms with Gasteiger partial charge < -0.3 is 0 Å². The predicted octanol–water partition coefficient (Wildman–Crippen LogP) is 4.70. The van der Waals surface area contributed by atoms with Gasteiger partial charge in [-0.15, -0.1) is 11.3 Å². The third-order valence-corrected chi connectivity index (χ3v) is 5.09. The van der Waals surface area contributed by atoms with Crippen LogP contribution in [0.3, 0.4) is 0 Å². The first-order chi connectivity index (χ1) is 13.5. The highest BCUT2D eigenvalue weighted by Crippen LogP contribution is 2.26. The molecule has 0 aliphatic heterocycles. The Hall–Kier alpha value is -2.62. The van der Waals surface area contributed by atoms with E-state index in [1.165, 1.54) is 23.0 Å². The molecule has 6 nitrogen and oxygen atoms in total. The summed E-state index contributed by atoms with van der Waals surface area (Å²) in [5.74, 6) is -1.19. The van der Waals surface area contributed by atoms with E-state index in [1.807, 2.05) is 17.5 Å². The number of halogens is 1. The number of carbonyl (C=O) groups excluding carboxylic acids is 1. The van der Waals surface area contributed by atoms with Crippen molar-refractivity contribution in [2.24, 2.45) is 0 Å². The largest absolute Gasteiger partial charge is 0.298 e. The molecule has 1 aromatic heterocycles. The number of aromatic nitrogens is 1. The molecule has 1 unspecified atom stereocenters. The number of hydrogen-bond acceptors (Lipinski definition) is 4. The van der Waals surface area contributed by atoms with Gasteiger partial charge in [-0.3, -0.25) is 19.4 Å². The van der Waals surface area contributed by atoms with Gasteiger partial charge in [-0.05, 0) is 30.2 Å². The van der Waals surface area contributed by atoms with Gasteiger partial charge in [0.05, 0.1) is 16.9 Å². The second-order valence-electron chi connectivity index (χ2n) is 5.98. The van der Waals surface area contributed by atoms with Crippen molar-refractivity contribution < 1.29 is 17.9 Å². The molecule has 3 aromatic rings. The summed E-state index contributed by atoms with van der Waals surface area (Å²) in [7, 11) is 0. The molecular weight excluding hydrogens is 401 g/mol. The Balaban J connectivity index is 1.76. The maximum absolute atomic E-state index is 13.4. The van der Waals surface area contributed by atoms with Crippen LogP contribution in [0.15, 0.2) is 47.8 Å². The van der Waals surface area contributed by atoms with E-state index in [-0.39, 0.29) is 11.3 Å². The smallest absolute Gasteiger partial charge is 0.259 e. The Morgan fingerprint density at radius 1 is 1.25 bits per heavy atom. The molecule has 9 heteroatoms. The molecule has 0 radical (unpaired) electrons. The van der Waals surface area contributed by atoms with Gasteiger partial charge in [0, 0.05) is 10.9 Å². The molecule has 0 spiro atoms. The minimum absolute atomic E-state index is 0.0319. The Kier molecular flexibility index (Phi) is 6.50. The highest BCUT2D eigenvalue weighted by Gasteiger charge is 2.16. The van der Waals surface area contributed by atoms with Crippen LogP contribution in [0.1, 0.15) is 29.3 Å². The third kappa shape index (κ3) is 5.00. The van der Waals surface area contributed by atoms with E-state index in [4.69, 9.17) is 4.55 Å². The molecule has 0 bridgehead atoms. The molecule has 3 N–H and O–H groups in total. The standard InChI is InChI=1S/C19H18FN3O3S2/c1-2-3-12-4-6-13(7-5-12)17-11-27-19(21-17)22-18(24)15-9-8-14(20)10-16(15)23-28(25)26/h4-11,23H,2-3H2,1H3,(H,25,26)(H,21,22,24). The van der Waals surface area contributed by atoms with Gasteiger partial charge in [0.1, 0.15) is 5.82 Å². The summed E-state index contributed by atoms with van der Waals surface area (Å²) in [6.45, 7) is 2.13. The Morgan fingerprint density at radius 3 is 2.68 bits per heavy atom. The molecule has 0 aliphatic carbocycles. The van der Waals surface area contributed by atoms with Gasteiger partial charge >= 0.3 is 0 Å². The average molecular weight is 420 g/mol. The summed E-state index contributed by atoms with van der Waals surface area (Å²) in [5.41, 5.74) is 2.88. The lowest BCUT2D eigenvalue weighted by Gasteiger charge is -2.09. The molecule has 1 atom stereocenters. The fourth-order valence-electron chi connectivity index (χ4n) is 2.65. The minimum atomic E-state index is -2.43. The van der Waals surface area contributed by atoms with Crippen molar-refractivity contribution in [2.75, 3.05) is 10.0 Å². The number of aryl methyl sites for hydroxylation is 1. The van der Waals surface area contributed by atoms with E-state index >= 15 is 0 Å². The number of thiazole rings is 1. The number of nitrogens with zero attached hydrogens (tertiary/aromatic N) is 1. The molecule has 28 heavy (non-hydrogen) atoms. The number of amides is 1. The maximum Gasteiger partial charge on any atom is 0.259 e. The summed E-state index contributed by atoms with van der Waals surface area (Å²) in [4.78, 5) is 16.9. The molecule has 0 aliphatic rings. The molecule has 1 heterocycles. The lowest BCUT2D eigenvalue weighted by molar-refractivity contribution is 0.102. The SMILES string of the molecule is CCCc1ccc(-c2csc(NC(=O)c3ccc(F)cc3NS(=O)O)n2)cc1. The van der Waals surface area contributed by atoms with Crippen LogP contribution in [0.5, 0.6) is 0 Å². The van der Waals surface area contributed by atoms with Crippen molar-refractivity contribution in [3.8, 4) is 11.3 Å². The molecule has 3 rings (SSSR count). The van der Waals surface area contributed by atoms with Crippen molar-refractivity contribution >= 4 is 39.3 Å². The number of anilines is 2. The van der Waals surface area contributed by atoms with Crippen LogP contribution in [0.4, 0.5) is 15.2 Å². The molecule has 2 aromatic carbocycles. The van der Waals surface area contributed by atoms with E-state index in [9.17, 15) is 13.4 Å². The highest BCUT2D eigenvalue weighted by molar-refractivity contribution is 7.80. The first kappa shape index (κ1) is 20.1. The van der Waals surface area contributed by atoms with E-state index in [2.05, 4.69) is 34.1 Å². The molecule has 0 fully saturated rings. The van der Waals surface area contributed by atoms with Crippen LogP contribution in [0.25, 0.3) is 11.3 Å². The zero-order valence-electron chi connectivity index (χ0n) is 14.9. The van der Waals surface area contributed by atoms with Crippen LogP contribution < -0.4 is 10.0 Å². The Labute approximate surface area is 168 Å². The lowest BCUT2D eigenvalue weighted by Crippen LogP contribution is -2.15. The second-order valence-corrected chi connectivity index (χ2v) is 7.54. The topological polar surface area (TPSA) is 91.3 Å². The normalized spacial score (nSPS) is 11.8. The van der Waals surface area contributed by atoms with Crippen molar-refractivity contribution in [1.29, 1.82) is 0 Å². The van der Waals surface area contributed by atoms with Crippen LogP contribution in [0.2, 0.25) is 0 Å². The van der Waals surface area contributed by atoms with Gasteiger partial charge in [0.2, 0.25) is 0 Å². The average Bonchev–Trinajstić information content (AvgIpc) is 3.10. The summed E-state index contributed by atoms with van der Waals surface area (Å²) in [5, 5.41) is 4.84. The van der Waals surface area contributed by atoms with Gasteiger partial charge in [0.25, 0.3) is 17.2 Å². The van der Waals surface area contributed by atoms with Crippen LogP contribution in [-0.4, -0.2) is 19.7 Å². The summed E-state index contributed by atoms with van der Waals surface area (Å²) >= 11 is -1.17. The summed E-state index contributed by atoms with van der Waals surface area (Å²) < 4.78 is 35.5. The van der Waals surface area contributed by atoms with Gasteiger partial charge in [-0.2, -0.15) is 0 Å². The van der Waals surface area contributed by atoms with Crippen molar-refractivity contribution in [3.05, 3.63) is 64.8 Å². The van der Waals surface area contributed by atoms with Crippen molar-refractivity contribution in [2.45, 2.75) is 19.8 Å². The number of benzene rings is 2. The zero-order valence-corrected chi connectivity index (χ0v) is 16.6. The van der Waals surface area contributed by atoms with E-state index in [1.54, 1.807) is 0 Å². The number of rotatable bonds is 7. The van der Waals surface area contributed by atoms with Gasteiger partial charge in [0.15, 0.2) is 5.13 Å². The highest BCUT2D eigenvalue weighted by atomic mass is 32.2. The fraction of sp³-hybridized carbons (Fsp3) is 0.158. The summed E-state index contributed by atoms with van der Waals surface area (Å²) in [6, 6.07) is 11.4. The van der Waals surface area contributed by atoms with Crippen LogP contribution in [-0.2, 0) is 17.7 Å². The molecule has 1 amide bonds. The Bertz CT molecular complexity index is 1010. The van der Waals surface area contributed by atoms with Crippen LogP contribution in [0, 0.1) is 5.82 Å². The third-order valence-electron chi connectivity index (χ3n) is 3.94. The predicted molar refractivity (Wildman–Crippen MR) is 110 cm³/mol. The van der Waals surface area contributed by atoms with Crippen molar-refractivity contribution in [3.63, 3.8) is 0 Å². The molecule has 0 saturated heterocycles. The first-order valence-corrected chi connectivity index (χ1v) is 10.5. The first-order valence-electron chi connectivity index (χ1n) is 8.49. The number of hydrogen-bond donors (Lipinski definition) is 3. The molecular formula is C19H18FN3O3S2. The minimum Gasteiger partial charge on any atom is -0.298 e. The lowest BCUT2D eigenvalue weighted by atomic mass is 10.1. The van der Waals surface area contributed by atoms with E-state index in [0.29, 0.717) is 5.13 Å². The zero-order chi connectivity index (χ0) is 20.1. The monoisotopic (exact) mass is 419 g/mol. The van der Waals surface area contributed by atoms with Gasteiger partial charge in [-0.25, -0.2) is 13.6 Å². The van der Waals surface area contributed by atoms with E-state index in [0.717, 1.165) is 36.2 Å². The van der Waals surface area contributed by atoms with Crippen molar-refractivity contribution in [1.82, 2.24) is 4.98 Å². The van der Waals surface area contributed by atoms with E-state index < -0.39 is 23.0 Å². The second kappa shape index (κ2) is 9.05. The summed E-state index contributed by atoms with van der Waals surface area (Å²) in [6.07, 6.45) is 2.10. The molecule has 0 saturated carbocycles. The molecule has 146 valence electrons.